The Morgan fingerprint density at radius 1 is 1.47 bits per heavy atom. The van der Waals surface area contributed by atoms with Crippen molar-refractivity contribution in [1.29, 1.82) is 0 Å². The number of allylic oxidation sites excluding steroid dienone is 1. The van der Waals surface area contributed by atoms with E-state index in [0.717, 1.165) is 24.0 Å². The molecule has 0 aliphatic rings. The average Bonchev–Trinajstić information content (AvgIpc) is 2.28. The number of hydrogen-bond acceptors (Lipinski definition) is 3. The lowest BCUT2D eigenvalue weighted by molar-refractivity contribution is -0.109. The summed E-state index contributed by atoms with van der Waals surface area (Å²) < 4.78 is 0. The van der Waals surface area contributed by atoms with Gasteiger partial charge < -0.3 is 0 Å². The second kappa shape index (κ2) is 7.30. The van der Waals surface area contributed by atoms with E-state index in [1.54, 1.807) is 19.1 Å². The summed E-state index contributed by atoms with van der Waals surface area (Å²) in [7, 11) is 0. The second-order valence-electron chi connectivity index (χ2n) is 3.43. The van der Waals surface area contributed by atoms with E-state index in [0.29, 0.717) is 10.6 Å². The van der Waals surface area contributed by atoms with E-state index in [9.17, 15) is 9.59 Å². The SMILES string of the molecule is CC(=O)SCCC=Cc1ccc(C=O)c(Cl)c1. The molecule has 1 aromatic carbocycles. The molecule has 0 aromatic heterocycles. The maximum atomic E-state index is 10.7. The molecule has 1 aromatic rings. The van der Waals surface area contributed by atoms with Crippen LogP contribution in [0.5, 0.6) is 0 Å². The first-order valence-electron chi connectivity index (χ1n) is 5.18. The van der Waals surface area contributed by atoms with Crippen LogP contribution in [0.15, 0.2) is 24.3 Å². The molecule has 0 aliphatic carbocycles. The molecule has 0 atom stereocenters. The second-order valence-corrected chi connectivity index (χ2v) is 5.11. The van der Waals surface area contributed by atoms with Crippen molar-refractivity contribution >= 4 is 40.8 Å². The molecule has 0 radical (unpaired) electrons. The van der Waals surface area contributed by atoms with Crippen LogP contribution in [-0.2, 0) is 4.79 Å². The lowest BCUT2D eigenvalue weighted by Crippen LogP contribution is -1.84. The summed E-state index contributed by atoms with van der Waals surface area (Å²) in [4.78, 5) is 21.2. The zero-order valence-electron chi connectivity index (χ0n) is 9.48. The van der Waals surface area contributed by atoms with E-state index in [1.165, 1.54) is 11.8 Å². The van der Waals surface area contributed by atoms with E-state index in [-0.39, 0.29) is 5.12 Å². The summed E-state index contributed by atoms with van der Waals surface area (Å²) in [6.07, 6.45) is 5.49. The summed E-state index contributed by atoms with van der Waals surface area (Å²) in [5, 5.41) is 0.594. The molecule has 0 saturated heterocycles. The van der Waals surface area contributed by atoms with Crippen molar-refractivity contribution in [3.63, 3.8) is 0 Å². The summed E-state index contributed by atoms with van der Waals surface area (Å²) >= 11 is 7.21. The van der Waals surface area contributed by atoms with Crippen molar-refractivity contribution in [3.05, 3.63) is 40.4 Å². The molecule has 2 nitrogen and oxygen atoms in total. The minimum absolute atomic E-state index is 0.136. The van der Waals surface area contributed by atoms with Gasteiger partial charge in [-0.1, -0.05) is 41.6 Å². The van der Waals surface area contributed by atoms with Crippen molar-refractivity contribution in [2.24, 2.45) is 0 Å². The molecule has 1 rings (SSSR count). The van der Waals surface area contributed by atoms with Crippen molar-refractivity contribution in [1.82, 2.24) is 0 Å². The maximum absolute atomic E-state index is 10.7. The van der Waals surface area contributed by atoms with Gasteiger partial charge in [-0.15, -0.1) is 0 Å². The number of benzene rings is 1. The molecule has 0 spiro atoms. The molecule has 90 valence electrons. The van der Waals surface area contributed by atoms with Gasteiger partial charge in [-0.3, -0.25) is 9.59 Å². The standard InChI is InChI=1S/C13H13ClO2S/c1-10(16)17-7-3-2-4-11-5-6-12(9-15)13(14)8-11/h2,4-6,8-9H,3,7H2,1H3. The zero-order valence-corrected chi connectivity index (χ0v) is 11.1. The lowest BCUT2D eigenvalue weighted by atomic mass is 10.1. The Balaban J connectivity index is 2.51. The Morgan fingerprint density at radius 2 is 2.24 bits per heavy atom. The molecule has 0 N–H and O–H groups in total. The normalized spacial score (nSPS) is 10.7. The van der Waals surface area contributed by atoms with E-state index >= 15 is 0 Å². The fourth-order valence-electron chi connectivity index (χ4n) is 1.23. The quantitative estimate of drug-likeness (QED) is 0.601. The molecule has 0 saturated carbocycles. The lowest BCUT2D eigenvalue weighted by Gasteiger charge is -1.98. The van der Waals surface area contributed by atoms with Gasteiger partial charge >= 0.3 is 0 Å². The highest BCUT2D eigenvalue weighted by Gasteiger charge is 1.98. The highest BCUT2D eigenvalue weighted by molar-refractivity contribution is 8.13. The number of hydrogen-bond donors (Lipinski definition) is 0. The van der Waals surface area contributed by atoms with Crippen LogP contribution < -0.4 is 0 Å². The summed E-state index contributed by atoms with van der Waals surface area (Å²) in [6.45, 7) is 1.56. The Bertz CT molecular complexity index is 441. The minimum atomic E-state index is 0.136. The van der Waals surface area contributed by atoms with Crippen LogP contribution in [0.4, 0.5) is 0 Å². The van der Waals surface area contributed by atoms with E-state index in [4.69, 9.17) is 11.6 Å². The third kappa shape index (κ3) is 5.20. The summed E-state index contributed by atoms with van der Waals surface area (Å²) in [5.74, 6) is 0.784. The van der Waals surface area contributed by atoms with Crippen molar-refractivity contribution < 1.29 is 9.59 Å². The van der Waals surface area contributed by atoms with Gasteiger partial charge in [-0.05, 0) is 24.1 Å². The Labute approximate surface area is 110 Å². The van der Waals surface area contributed by atoms with E-state index in [1.807, 2.05) is 18.2 Å². The molecule has 0 unspecified atom stereocenters. The molecular formula is C13H13ClO2S. The first-order chi connectivity index (χ1) is 8.13. The first-order valence-corrected chi connectivity index (χ1v) is 6.54. The number of rotatable bonds is 5. The van der Waals surface area contributed by atoms with Gasteiger partial charge in [-0.2, -0.15) is 0 Å². The topological polar surface area (TPSA) is 34.1 Å². The third-order valence-corrected chi connectivity index (χ3v) is 3.23. The molecule has 0 heterocycles. The first kappa shape index (κ1) is 14.0. The van der Waals surface area contributed by atoms with Gasteiger partial charge in [0, 0.05) is 18.2 Å². The Kier molecular flexibility index (Phi) is 6.01. The minimum Gasteiger partial charge on any atom is -0.298 e. The monoisotopic (exact) mass is 268 g/mol. The van der Waals surface area contributed by atoms with Gasteiger partial charge in [0.25, 0.3) is 0 Å². The van der Waals surface area contributed by atoms with Crippen molar-refractivity contribution in [3.8, 4) is 0 Å². The van der Waals surface area contributed by atoms with Crippen LogP contribution in [0.2, 0.25) is 5.02 Å². The third-order valence-electron chi connectivity index (χ3n) is 2.05. The molecule has 0 aliphatic heterocycles. The zero-order chi connectivity index (χ0) is 12.7. The van der Waals surface area contributed by atoms with Gasteiger partial charge in [0.05, 0.1) is 5.02 Å². The molecule has 0 fully saturated rings. The van der Waals surface area contributed by atoms with Crippen LogP contribution in [-0.4, -0.2) is 17.2 Å². The van der Waals surface area contributed by atoms with Crippen molar-refractivity contribution in [2.45, 2.75) is 13.3 Å². The number of aldehydes is 1. The summed E-state index contributed by atoms with van der Waals surface area (Å²) in [6, 6.07) is 5.28. The van der Waals surface area contributed by atoms with Crippen LogP contribution in [0.3, 0.4) is 0 Å². The molecular weight excluding hydrogens is 256 g/mol. The molecule has 17 heavy (non-hydrogen) atoms. The molecule has 4 heteroatoms. The Morgan fingerprint density at radius 3 is 2.82 bits per heavy atom. The maximum Gasteiger partial charge on any atom is 0.185 e. The van der Waals surface area contributed by atoms with Gasteiger partial charge in [0.1, 0.15) is 0 Å². The predicted molar refractivity (Wildman–Crippen MR) is 73.6 cm³/mol. The van der Waals surface area contributed by atoms with Crippen LogP contribution >= 0.6 is 23.4 Å². The summed E-state index contributed by atoms with van der Waals surface area (Å²) in [5.41, 5.74) is 1.45. The van der Waals surface area contributed by atoms with Gasteiger partial charge in [0.15, 0.2) is 11.4 Å². The van der Waals surface area contributed by atoms with Gasteiger partial charge in [0.2, 0.25) is 0 Å². The van der Waals surface area contributed by atoms with Crippen LogP contribution in [0, 0.1) is 0 Å². The average molecular weight is 269 g/mol. The molecule has 0 amide bonds. The fourth-order valence-corrected chi connectivity index (χ4v) is 2.01. The van der Waals surface area contributed by atoms with E-state index in [2.05, 4.69) is 0 Å². The van der Waals surface area contributed by atoms with Crippen LogP contribution in [0.1, 0.15) is 29.3 Å². The number of carbonyl (C=O) groups is 2. The van der Waals surface area contributed by atoms with Gasteiger partial charge in [-0.25, -0.2) is 0 Å². The smallest absolute Gasteiger partial charge is 0.185 e. The van der Waals surface area contributed by atoms with Crippen LogP contribution in [0.25, 0.3) is 6.08 Å². The number of halogens is 1. The highest BCUT2D eigenvalue weighted by Crippen LogP contribution is 2.17. The highest BCUT2D eigenvalue weighted by atomic mass is 35.5. The Hall–Kier alpha value is -1.06. The van der Waals surface area contributed by atoms with Crippen molar-refractivity contribution in [2.75, 3.05) is 5.75 Å². The fraction of sp³-hybridized carbons (Fsp3) is 0.231. The number of thioether (sulfide) groups is 1. The largest absolute Gasteiger partial charge is 0.298 e. The van der Waals surface area contributed by atoms with E-state index < -0.39 is 0 Å². The number of carbonyl (C=O) groups excluding carboxylic acids is 2. The molecule has 0 bridgehead atoms. The predicted octanol–water partition coefficient (Wildman–Crippen LogP) is 3.84.